The van der Waals surface area contributed by atoms with Gasteiger partial charge in [-0.25, -0.2) is 0 Å². The molecule has 0 saturated heterocycles. The minimum atomic E-state index is -0.799. The summed E-state index contributed by atoms with van der Waals surface area (Å²) in [5, 5.41) is 34.2. The Hall–Kier alpha value is -4.52. The van der Waals surface area contributed by atoms with E-state index in [-0.39, 0.29) is 0 Å². The monoisotopic (exact) mass is 604 g/mol. The highest BCUT2D eigenvalue weighted by Crippen LogP contribution is 2.59. The van der Waals surface area contributed by atoms with E-state index in [1.165, 1.54) is 55.2 Å². The number of aliphatic hydroxyl groups is 2. The highest BCUT2D eigenvalue weighted by Gasteiger charge is 2.53. The fourth-order valence-corrected chi connectivity index (χ4v) is 10.4. The van der Waals surface area contributed by atoms with Crippen molar-refractivity contribution in [2.75, 3.05) is 47.4 Å². The van der Waals surface area contributed by atoms with E-state index in [4.69, 9.17) is 11.5 Å². The Bertz CT molecular complexity index is 2200. The van der Waals surface area contributed by atoms with Crippen molar-refractivity contribution in [3.05, 3.63) is 94.0 Å². The first kappa shape index (κ1) is 25.6. The molecule has 6 N–H and O–H groups in total. The molecule has 1 saturated carbocycles. The number of nitrogen functional groups attached to an aromatic ring is 2. The first-order valence-corrected chi connectivity index (χ1v) is 16.9. The van der Waals surface area contributed by atoms with Gasteiger partial charge in [0, 0.05) is 81.7 Å². The van der Waals surface area contributed by atoms with Crippen LogP contribution in [-0.4, -0.2) is 48.6 Å². The largest absolute Gasteiger partial charge is 0.398 e. The van der Waals surface area contributed by atoms with Gasteiger partial charge in [0.15, 0.2) is 0 Å². The second-order valence-electron chi connectivity index (χ2n) is 14.3. The number of hydrogen-bond acceptors (Lipinski definition) is 6. The van der Waals surface area contributed by atoms with Crippen LogP contribution < -0.4 is 21.3 Å². The zero-order chi connectivity index (χ0) is 30.6. The molecule has 0 amide bonds. The quantitative estimate of drug-likeness (QED) is 0.145. The molecule has 0 unspecified atom stereocenters. The van der Waals surface area contributed by atoms with Crippen molar-refractivity contribution in [3.63, 3.8) is 0 Å². The molecule has 0 bridgehead atoms. The summed E-state index contributed by atoms with van der Waals surface area (Å²) in [6.45, 7) is 4.02. The van der Waals surface area contributed by atoms with E-state index in [0.717, 1.165) is 95.9 Å². The summed E-state index contributed by atoms with van der Waals surface area (Å²) < 4.78 is 0. The first-order valence-electron chi connectivity index (χ1n) is 16.9. The van der Waals surface area contributed by atoms with Crippen LogP contribution in [0.1, 0.15) is 45.2 Å². The van der Waals surface area contributed by atoms with Crippen LogP contribution in [0.2, 0.25) is 0 Å². The number of nitrogens with zero attached hydrogens (tertiary/aromatic N) is 2. The molecule has 5 aliphatic rings. The van der Waals surface area contributed by atoms with Gasteiger partial charge in [-0.15, -0.1) is 0 Å². The summed E-state index contributed by atoms with van der Waals surface area (Å²) in [4.78, 5) is 5.05. The van der Waals surface area contributed by atoms with Crippen molar-refractivity contribution >= 4 is 65.8 Å². The molecule has 0 atom stereocenters. The van der Waals surface area contributed by atoms with E-state index in [2.05, 4.69) is 58.3 Å². The Balaban J connectivity index is 1.19. The number of rotatable bonds is 2. The third-order valence-electron chi connectivity index (χ3n) is 12.4. The van der Waals surface area contributed by atoms with Crippen LogP contribution in [0.25, 0.3) is 43.1 Å². The Morgan fingerprint density at radius 2 is 0.870 bits per heavy atom. The van der Waals surface area contributed by atoms with Crippen LogP contribution >= 0.6 is 0 Å². The second-order valence-corrected chi connectivity index (χ2v) is 14.3. The Labute approximate surface area is 266 Å². The molecule has 0 spiro atoms. The smallest absolute Gasteiger partial charge is 0.0728 e. The molecule has 6 heteroatoms. The lowest BCUT2D eigenvalue weighted by Gasteiger charge is -2.50. The van der Waals surface area contributed by atoms with Gasteiger partial charge in [0.1, 0.15) is 0 Å². The number of nitrogens with two attached hydrogens (primary N) is 2. The van der Waals surface area contributed by atoms with Crippen molar-refractivity contribution in [2.45, 2.75) is 49.7 Å². The lowest BCUT2D eigenvalue weighted by atomic mass is 9.60. The molecule has 4 aliphatic heterocycles. The summed E-state index contributed by atoms with van der Waals surface area (Å²) in [5.74, 6) is -0.947. The normalized spacial score (nSPS) is 24.1. The number of anilines is 4. The molecule has 4 heterocycles. The van der Waals surface area contributed by atoms with Crippen molar-refractivity contribution in [2.24, 2.45) is 0 Å². The Kier molecular flexibility index (Phi) is 4.81. The summed E-state index contributed by atoms with van der Waals surface area (Å²) in [6, 6.07) is 21.6. The van der Waals surface area contributed by atoms with Gasteiger partial charge in [-0.05, 0) is 82.0 Å². The lowest BCUT2D eigenvalue weighted by molar-refractivity contribution is -0.0765. The van der Waals surface area contributed by atoms with E-state index in [1.807, 2.05) is 12.1 Å². The standard InChI is InChI=1S/C40H36N4O2/c41-25-9-7-21-13-17-43-15-11-19-3-1-5-23-27(19)37(43)29(21)33(25)31(23)35-39(45)36(40(35)46)32-24-6-2-4-20-12-16-44-18-14-22-8-10-26(42)34(32)30(22)38(44)28(20)24/h1-10,35-36,39-40,45-46H,11-18,41-42H2. The van der Waals surface area contributed by atoms with Gasteiger partial charge in [0.25, 0.3) is 0 Å². The summed E-state index contributed by atoms with van der Waals surface area (Å²) in [7, 11) is 0. The third-order valence-corrected chi connectivity index (χ3v) is 12.4. The maximum atomic E-state index is 12.5. The zero-order valence-corrected chi connectivity index (χ0v) is 25.7. The van der Waals surface area contributed by atoms with Crippen LogP contribution in [0.4, 0.5) is 22.7 Å². The molecule has 46 heavy (non-hydrogen) atoms. The zero-order valence-electron chi connectivity index (χ0n) is 25.7. The van der Waals surface area contributed by atoms with E-state index >= 15 is 0 Å². The van der Waals surface area contributed by atoms with Crippen molar-refractivity contribution in [3.8, 4) is 0 Å². The predicted octanol–water partition coefficient (Wildman–Crippen LogP) is 5.90. The molecule has 6 nitrogen and oxygen atoms in total. The van der Waals surface area contributed by atoms with Crippen LogP contribution in [0.3, 0.4) is 0 Å². The Morgan fingerprint density at radius 3 is 1.28 bits per heavy atom. The topological polar surface area (TPSA) is 99.0 Å². The highest BCUT2D eigenvalue weighted by molar-refractivity contribution is 6.22. The second kappa shape index (κ2) is 8.64. The van der Waals surface area contributed by atoms with Gasteiger partial charge >= 0.3 is 0 Å². The molecule has 0 radical (unpaired) electrons. The molecule has 1 fully saturated rings. The fourth-order valence-electron chi connectivity index (χ4n) is 10.4. The molecule has 1 aliphatic carbocycles. The average Bonchev–Trinajstić information content (AvgIpc) is 3.08. The van der Waals surface area contributed by atoms with Crippen molar-refractivity contribution in [1.82, 2.24) is 0 Å². The molecule has 6 aromatic rings. The molecular formula is C40H36N4O2. The predicted molar refractivity (Wildman–Crippen MR) is 188 cm³/mol. The van der Waals surface area contributed by atoms with Crippen LogP contribution in [-0.2, 0) is 25.7 Å². The van der Waals surface area contributed by atoms with E-state index in [0.29, 0.717) is 0 Å². The molecule has 0 aromatic heterocycles. The van der Waals surface area contributed by atoms with E-state index < -0.39 is 24.0 Å². The lowest BCUT2D eigenvalue weighted by Crippen LogP contribution is -2.52. The van der Waals surface area contributed by atoms with E-state index in [9.17, 15) is 10.2 Å². The van der Waals surface area contributed by atoms with Gasteiger partial charge in [0.05, 0.1) is 23.6 Å². The number of aliphatic hydroxyl groups excluding tert-OH is 2. The van der Waals surface area contributed by atoms with Gasteiger partial charge < -0.3 is 31.5 Å². The molecule has 6 aromatic carbocycles. The maximum absolute atomic E-state index is 12.5. The molecular weight excluding hydrogens is 568 g/mol. The fraction of sp³-hybridized carbons (Fsp3) is 0.300. The maximum Gasteiger partial charge on any atom is 0.0728 e. The minimum absolute atomic E-state index is 0.473. The molecule has 228 valence electrons. The summed E-state index contributed by atoms with van der Waals surface area (Å²) >= 11 is 0. The van der Waals surface area contributed by atoms with Crippen LogP contribution in [0, 0.1) is 0 Å². The Morgan fingerprint density at radius 1 is 0.478 bits per heavy atom. The van der Waals surface area contributed by atoms with Crippen molar-refractivity contribution in [1.29, 1.82) is 0 Å². The SMILES string of the molecule is Nc1ccc2c3c4c5c(cccc5c(C5C(O)C(c6c7cccc8c7c7c9c(ccc(N)c69)CCN7CC8)C5O)c13)CCN4CC2. The highest BCUT2D eigenvalue weighted by atomic mass is 16.3. The van der Waals surface area contributed by atoms with Gasteiger partial charge in [-0.1, -0.05) is 48.5 Å². The van der Waals surface area contributed by atoms with Gasteiger partial charge in [-0.3, -0.25) is 0 Å². The van der Waals surface area contributed by atoms with Crippen LogP contribution in [0.5, 0.6) is 0 Å². The summed E-state index contributed by atoms with van der Waals surface area (Å²) in [5.41, 5.74) is 25.1. The first-order chi connectivity index (χ1) is 22.5. The molecule has 11 rings (SSSR count). The average molecular weight is 605 g/mol. The van der Waals surface area contributed by atoms with E-state index in [1.54, 1.807) is 0 Å². The van der Waals surface area contributed by atoms with Gasteiger partial charge in [-0.2, -0.15) is 0 Å². The van der Waals surface area contributed by atoms with Gasteiger partial charge in [0.2, 0.25) is 0 Å². The minimum Gasteiger partial charge on any atom is -0.398 e. The van der Waals surface area contributed by atoms with Crippen LogP contribution in [0.15, 0.2) is 60.7 Å². The third kappa shape index (κ3) is 2.92. The number of hydrogen-bond donors (Lipinski definition) is 4. The summed E-state index contributed by atoms with van der Waals surface area (Å²) in [6.07, 6.45) is 2.34. The number of benzene rings is 6. The van der Waals surface area contributed by atoms with Crippen molar-refractivity contribution < 1.29 is 10.2 Å².